The average molecular weight is 299 g/mol. The molecule has 0 aliphatic rings. The molecule has 0 aromatic heterocycles. The van der Waals surface area contributed by atoms with Crippen LogP contribution in [-0.2, 0) is 10.0 Å². The first-order valence-corrected chi connectivity index (χ1v) is 7.91. The van der Waals surface area contributed by atoms with Gasteiger partial charge in [-0.25, -0.2) is 13.1 Å². The third-order valence-electron chi connectivity index (χ3n) is 2.83. The lowest BCUT2D eigenvalue weighted by molar-refractivity contribution is 0.1000. The van der Waals surface area contributed by atoms with Gasteiger partial charge >= 0.3 is 0 Å². The standard InChI is InChI=1S/C13H21N3O3S/c1-9(2)4-3-7-16-20(18,19)12-6-5-10(13(15)17)8-11(12)14/h5-6,8-9,16H,3-4,7,14H2,1-2H3,(H2,15,17). The van der Waals surface area contributed by atoms with Crippen LogP contribution in [0.2, 0.25) is 0 Å². The number of anilines is 1. The minimum atomic E-state index is -3.66. The van der Waals surface area contributed by atoms with Crippen molar-refractivity contribution in [3.05, 3.63) is 23.8 Å². The van der Waals surface area contributed by atoms with Gasteiger partial charge in [0, 0.05) is 12.1 Å². The smallest absolute Gasteiger partial charge is 0.248 e. The molecule has 1 aromatic carbocycles. The molecule has 1 aromatic rings. The van der Waals surface area contributed by atoms with Crippen LogP contribution in [0.5, 0.6) is 0 Å². The van der Waals surface area contributed by atoms with Gasteiger partial charge in [0.2, 0.25) is 15.9 Å². The van der Waals surface area contributed by atoms with Crippen molar-refractivity contribution in [2.45, 2.75) is 31.6 Å². The molecule has 6 nitrogen and oxygen atoms in total. The fourth-order valence-corrected chi connectivity index (χ4v) is 2.93. The van der Waals surface area contributed by atoms with Crippen LogP contribution in [0.25, 0.3) is 0 Å². The molecule has 0 bridgehead atoms. The number of primary amides is 1. The number of nitrogen functional groups attached to an aromatic ring is 1. The fourth-order valence-electron chi connectivity index (χ4n) is 1.74. The van der Waals surface area contributed by atoms with E-state index in [4.69, 9.17) is 11.5 Å². The Bertz CT molecular complexity index is 583. The summed E-state index contributed by atoms with van der Waals surface area (Å²) >= 11 is 0. The third-order valence-corrected chi connectivity index (χ3v) is 4.37. The Morgan fingerprint density at radius 1 is 1.35 bits per heavy atom. The van der Waals surface area contributed by atoms with Crippen molar-refractivity contribution in [1.29, 1.82) is 0 Å². The van der Waals surface area contributed by atoms with Crippen molar-refractivity contribution in [1.82, 2.24) is 4.72 Å². The zero-order valence-corrected chi connectivity index (χ0v) is 12.5. The molecule has 5 N–H and O–H groups in total. The van der Waals surface area contributed by atoms with Gasteiger partial charge in [-0.3, -0.25) is 4.79 Å². The number of sulfonamides is 1. The number of amides is 1. The largest absolute Gasteiger partial charge is 0.398 e. The Morgan fingerprint density at radius 2 is 2.00 bits per heavy atom. The molecule has 0 spiro atoms. The highest BCUT2D eigenvalue weighted by molar-refractivity contribution is 7.89. The zero-order valence-electron chi connectivity index (χ0n) is 11.7. The Morgan fingerprint density at radius 3 is 2.50 bits per heavy atom. The van der Waals surface area contributed by atoms with E-state index >= 15 is 0 Å². The van der Waals surface area contributed by atoms with Crippen LogP contribution in [0, 0.1) is 5.92 Å². The quantitative estimate of drug-likeness (QED) is 0.516. The van der Waals surface area contributed by atoms with E-state index in [1.807, 2.05) is 0 Å². The lowest BCUT2D eigenvalue weighted by Crippen LogP contribution is -2.26. The maximum absolute atomic E-state index is 12.1. The molecule has 112 valence electrons. The number of rotatable bonds is 7. The lowest BCUT2D eigenvalue weighted by Gasteiger charge is -2.10. The van der Waals surface area contributed by atoms with E-state index in [2.05, 4.69) is 18.6 Å². The van der Waals surface area contributed by atoms with Crippen molar-refractivity contribution in [3.8, 4) is 0 Å². The molecule has 7 heteroatoms. The van der Waals surface area contributed by atoms with Crippen LogP contribution in [0.15, 0.2) is 23.1 Å². The number of benzene rings is 1. The first-order chi connectivity index (χ1) is 9.24. The van der Waals surface area contributed by atoms with Gasteiger partial charge in [-0.15, -0.1) is 0 Å². The van der Waals surface area contributed by atoms with Crippen molar-refractivity contribution < 1.29 is 13.2 Å². The summed E-state index contributed by atoms with van der Waals surface area (Å²) in [6.07, 6.45) is 1.70. The summed E-state index contributed by atoms with van der Waals surface area (Å²) in [6, 6.07) is 3.91. The average Bonchev–Trinajstić information content (AvgIpc) is 2.34. The monoisotopic (exact) mass is 299 g/mol. The molecule has 0 unspecified atom stereocenters. The summed E-state index contributed by atoms with van der Waals surface area (Å²) < 4.78 is 26.6. The van der Waals surface area contributed by atoms with E-state index in [1.54, 1.807) is 0 Å². The van der Waals surface area contributed by atoms with Gasteiger partial charge in [0.15, 0.2) is 0 Å². The topological polar surface area (TPSA) is 115 Å². The summed E-state index contributed by atoms with van der Waals surface area (Å²) in [5, 5.41) is 0. The zero-order chi connectivity index (χ0) is 15.3. The Hall–Kier alpha value is -1.60. The van der Waals surface area contributed by atoms with Crippen LogP contribution in [-0.4, -0.2) is 20.9 Å². The van der Waals surface area contributed by atoms with Gasteiger partial charge in [-0.1, -0.05) is 13.8 Å². The Labute approximate surface area is 119 Å². The molecule has 0 heterocycles. The van der Waals surface area contributed by atoms with E-state index in [1.165, 1.54) is 18.2 Å². The van der Waals surface area contributed by atoms with Gasteiger partial charge < -0.3 is 11.5 Å². The summed E-state index contributed by atoms with van der Waals surface area (Å²) in [4.78, 5) is 11.0. The molecule has 0 aliphatic carbocycles. The van der Waals surface area contributed by atoms with Crippen LogP contribution in [0.1, 0.15) is 37.0 Å². The van der Waals surface area contributed by atoms with Crippen LogP contribution < -0.4 is 16.2 Å². The van der Waals surface area contributed by atoms with Crippen molar-refractivity contribution >= 4 is 21.6 Å². The molecule has 1 rings (SSSR count). The van der Waals surface area contributed by atoms with Gasteiger partial charge in [0.1, 0.15) is 4.90 Å². The maximum Gasteiger partial charge on any atom is 0.248 e. The maximum atomic E-state index is 12.1. The Balaban J connectivity index is 2.80. The molecule has 0 atom stereocenters. The van der Waals surface area contributed by atoms with E-state index in [0.717, 1.165) is 12.8 Å². The molecule has 0 radical (unpaired) electrons. The van der Waals surface area contributed by atoms with Gasteiger partial charge in [0.25, 0.3) is 0 Å². The predicted molar refractivity (Wildman–Crippen MR) is 78.6 cm³/mol. The second-order valence-electron chi connectivity index (χ2n) is 5.05. The predicted octanol–water partition coefficient (Wildman–Crippen LogP) is 1.08. The van der Waals surface area contributed by atoms with E-state index in [-0.39, 0.29) is 16.1 Å². The summed E-state index contributed by atoms with van der Waals surface area (Å²) in [7, 11) is -3.66. The number of carbonyl (C=O) groups is 1. The number of nitrogens with two attached hydrogens (primary N) is 2. The second-order valence-corrected chi connectivity index (χ2v) is 6.79. The van der Waals surface area contributed by atoms with E-state index in [0.29, 0.717) is 12.5 Å². The fraction of sp³-hybridized carbons (Fsp3) is 0.462. The number of hydrogen-bond donors (Lipinski definition) is 3. The molecule has 0 aliphatic heterocycles. The second kappa shape index (κ2) is 6.71. The molecular formula is C13H21N3O3S. The van der Waals surface area contributed by atoms with Gasteiger partial charge in [0.05, 0.1) is 5.69 Å². The molecule has 20 heavy (non-hydrogen) atoms. The molecule has 0 fully saturated rings. The summed E-state index contributed by atoms with van der Waals surface area (Å²) in [5.41, 5.74) is 11.0. The highest BCUT2D eigenvalue weighted by atomic mass is 32.2. The Kier molecular flexibility index (Phi) is 5.52. The van der Waals surface area contributed by atoms with Crippen LogP contribution in [0.3, 0.4) is 0 Å². The highest BCUT2D eigenvalue weighted by Gasteiger charge is 2.17. The highest BCUT2D eigenvalue weighted by Crippen LogP contribution is 2.19. The third kappa shape index (κ3) is 4.50. The van der Waals surface area contributed by atoms with Crippen LogP contribution in [0.4, 0.5) is 5.69 Å². The summed E-state index contributed by atoms with van der Waals surface area (Å²) in [6.45, 7) is 4.52. The molecular weight excluding hydrogens is 278 g/mol. The molecule has 1 amide bonds. The minimum Gasteiger partial charge on any atom is -0.398 e. The molecule has 0 saturated carbocycles. The van der Waals surface area contributed by atoms with E-state index in [9.17, 15) is 13.2 Å². The first kappa shape index (κ1) is 16.5. The van der Waals surface area contributed by atoms with Crippen molar-refractivity contribution in [2.75, 3.05) is 12.3 Å². The molecule has 0 saturated heterocycles. The van der Waals surface area contributed by atoms with Gasteiger partial charge in [-0.05, 0) is 37.0 Å². The van der Waals surface area contributed by atoms with Gasteiger partial charge in [-0.2, -0.15) is 0 Å². The number of hydrogen-bond acceptors (Lipinski definition) is 4. The van der Waals surface area contributed by atoms with Crippen molar-refractivity contribution in [2.24, 2.45) is 11.7 Å². The number of nitrogens with one attached hydrogen (secondary N) is 1. The van der Waals surface area contributed by atoms with Crippen molar-refractivity contribution in [3.63, 3.8) is 0 Å². The normalized spacial score (nSPS) is 11.8. The minimum absolute atomic E-state index is 0.0117. The summed E-state index contributed by atoms with van der Waals surface area (Å²) in [5.74, 6) is -0.120. The SMILES string of the molecule is CC(C)CCCNS(=O)(=O)c1ccc(C(N)=O)cc1N. The van der Waals surface area contributed by atoms with E-state index < -0.39 is 15.9 Å². The number of carbonyl (C=O) groups excluding carboxylic acids is 1. The lowest BCUT2D eigenvalue weighted by atomic mass is 10.1. The first-order valence-electron chi connectivity index (χ1n) is 6.43. The van der Waals surface area contributed by atoms with Crippen LogP contribution >= 0.6 is 0 Å².